The van der Waals surface area contributed by atoms with Gasteiger partial charge < -0.3 is 10.5 Å². The lowest BCUT2D eigenvalue weighted by Gasteiger charge is -2.21. The van der Waals surface area contributed by atoms with Crippen molar-refractivity contribution >= 4 is 11.7 Å². The Bertz CT molecular complexity index is 498. The lowest BCUT2D eigenvalue weighted by atomic mass is 9.89. The molecular weight excluding hydrogens is 238 g/mol. The van der Waals surface area contributed by atoms with Gasteiger partial charge in [-0.15, -0.1) is 0 Å². The maximum Gasteiger partial charge on any atom is 0.338 e. The van der Waals surface area contributed by atoms with Crippen molar-refractivity contribution in [3.8, 4) is 0 Å². The number of hydrogen-bond acceptors (Lipinski definition) is 3. The van der Waals surface area contributed by atoms with Crippen LogP contribution in [0.25, 0.3) is 0 Å². The molecular formula is C16H21NO2. The number of rotatable bonds is 3. The Balaban J connectivity index is 1.61. The van der Waals surface area contributed by atoms with E-state index in [1.807, 2.05) is 13.0 Å². The molecule has 102 valence electrons. The average Bonchev–Trinajstić information content (AvgIpc) is 3.01. The number of anilines is 1. The summed E-state index contributed by atoms with van der Waals surface area (Å²) in [4.78, 5) is 12.1. The van der Waals surface area contributed by atoms with Crippen molar-refractivity contribution < 1.29 is 9.53 Å². The highest BCUT2D eigenvalue weighted by Gasteiger charge is 2.39. The largest absolute Gasteiger partial charge is 0.462 e. The van der Waals surface area contributed by atoms with Gasteiger partial charge >= 0.3 is 5.97 Å². The summed E-state index contributed by atoms with van der Waals surface area (Å²) in [5.41, 5.74) is 7.89. The van der Waals surface area contributed by atoms with Gasteiger partial charge in [0.1, 0.15) is 0 Å². The maximum absolute atomic E-state index is 12.1. The Morgan fingerprint density at radius 3 is 2.89 bits per heavy atom. The molecule has 3 nitrogen and oxygen atoms in total. The zero-order valence-corrected chi connectivity index (χ0v) is 11.4. The van der Waals surface area contributed by atoms with Crippen molar-refractivity contribution in [3.63, 3.8) is 0 Å². The predicted octanol–water partition coefficient (Wildman–Crippen LogP) is 3.17. The normalized spacial score (nSPS) is 28.6. The highest BCUT2D eigenvalue weighted by molar-refractivity contribution is 5.92. The number of hydrogen-bond donors (Lipinski definition) is 1. The SMILES string of the molecule is Cc1c(N)cccc1C(=O)OCC1CC2CCC1C2. The molecule has 2 N–H and O–H groups in total. The third-order valence-corrected chi connectivity index (χ3v) is 4.91. The summed E-state index contributed by atoms with van der Waals surface area (Å²) in [5, 5.41) is 0. The summed E-state index contributed by atoms with van der Waals surface area (Å²) in [7, 11) is 0. The highest BCUT2D eigenvalue weighted by Crippen LogP contribution is 2.48. The molecule has 3 unspecified atom stereocenters. The van der Waals surface area contributed by atoms with E-state index in [0.29, 0.717) is 23.8 Å². The summed E-state index contributed by atoms with van der Waals surface area (Å²) in [5.74, 6) is 2.04. The van der Waals surface area contributed by atoms with Crippen molar-refractivity contribution in [1.82, 2.24) is 0 Å². The third kappa shape index (κ3) is 2.34. The second-order valence-electron chi connectivity index (χ2n) is 6.05. The third-order valence-electron chi connectivity index (χ3n) is 4.91. The topological polar surface area (TPSA) is 52.3 Å². The second kappa shape index (κ2) is 4.87. The number of fused-ring (bicyclic) bond motifs is 2. The van der Waals surface area contributed by atoms with E-state index >= 15 is 0 Å². The van der Waals surface area contributed by atoms with E-state index in [0.717, 1.165) is 17.4 Å². The first-order valence-electron chi connectivity index (χ1n) is 7.17. The summed E-state index contributed by atoms with van der Waals surface area (Å²) in [6.07, 6.45) is 5.29. The van der Waals surface area contributed by atoms with E-state index in [4.69, 9.17) is 10.5 Å². The molecule has 2 bridgehead atoms. The minimum Gasteiger partial charge on any atom is -0.462 e. The van der Waals surface area contributed by atoms with Gasteiger partial charge in [-0.2, -0.15) is 0 Å². The molecule has 0 spiro atoms. The Kier molecular flexibility index (Phi) is 3.21. The molecule has 19 heavy (non-hydrogen) atoms. The zero-order chi connectivity index (χ0) is 13.4. The van der Waals surface area contributed by atoms with Gasteiger partial charge in [0.25, 0.3) is 0 Å². The molecule has 0 heterocycles. The number of benzene rings is 1. The van der Waals surface area contributed by atoms with Crippen LogP contribution in [0, 0.1) is 24.7 Å². The molecule has 2 fully saturated rings. The summed E-state index contributed by atoms with van der Waals surface area (Å²) in [6, 6.07) is 5.40. The molecule has 0 aromatic heterocycles. The quantitative estimate of drug-likeness (QED) is 0.670. The van der Waals surface area contributed by atoms with Gasteiger partial charge in [0, 0.05) is 5.69 Å². The fourth-order valence-electron chi connectivity index (χ4n) is 3.72. The van der Waals surface area contributed by atoms with Crippen molar-refractivity contribution in [2.75, 3.05) is 12.3 Å². The number of esters is 1. The number of carbonyl (C=O) groups is 1. The van der Waals surface area contributed by atoms with Crippen LogP contribution in [0.5, 0.6) is 0 Å². The summed E-state index contributed by atoms with van der Waals surface area (Å²) < 4.78 is 5.51. The van der Waals surface area contributed by atoms with Crippen LogP contribution in [0.1, 0.15) is 41.6 Å². The molecule has 1 aromatic rings. The van der Waals surface area contributed by atoms with E-state index in [1.54, 1.807) is 12.1 Å². The lowest BCUT2D eigenvalue weighted by molar-refractivity contribution is 0.0393. The molecule has 2 aliphatic rings. The molecule has 3 heteroatoms. The maximum atomic E-state index is 12.1. The van der Waals surface area contributed by atoms with Gasteiger partial charge in [-0.25, -0.2) is 4.79 Å². The number of nitrogens with two attached hydrogens (primary N) is 1. The minimum absolute atomic E-state index is 0.229. The molecule has 2 saturated carbocycles. The molecule has 1 aromatic carbocycles. The van der Waals surface area contributed by atoms with Crippen LogP contribution in [-0.2, 0) is 4.74 Å². The first-order chi connectivity index (χ1) is 9.15. The summed E-state index contributed by atoms with van der Waals surface area (Å²) >= 11 is 0. The molecule has 0 radical (unpaired) electrons. The van der Waals surface area contributed by atoms with Crippen LogP contribution in [0.15, 0.2) is 18.2 Å². The molecule has 2 aliphatic carbocycles. The van der Waals surface area contributed by atoms with Crippen LogP contribution in [0.3, 0.4) is 0 Å². The van der Waals surface area contributed by atoms with Crippen LogP contribution >= 0.6 is 0 Å². The molecule has 0 saturated heterocycles. The van der Waals surface area contributed by atoms with Gasteiger partial charge in [-0.05, 0) is 61.6 Å². The zero-order valence-electron chi connectivity index (χ0n) is 11.4. The standard InChI is InChI=1S/C16H21NO2/c1-10-14(3-2-4-15(10)17)16(18)19-9-13-8-11-5-6-12(13)7-11/h2-4,11-13H,5-9,17H2,1H3. The lowest BCUT2D eigenvalue weighted by Crippen LogP contribution is -2.20. The van der Waals surface area contributed by atoms with Crippen LogP contribution in [-0.4, -0.2) is 12.6 Å². The first kappa shape index (κ1) is 12.5. The molecule has 3 atom stereocenters. The van der Waals surface area contributed by atoms with Gasteiger partial charge in [0.05, 0.1) is 12.2 Å². The average molecular weight is 259 g/mol. The smallest absolute Gasteiger partial charge is 0.338 e. The molecule has 0 amide bonds. The van der Waals surface area contributed by atoms with E-state index in [-0.39, 0.29) is 5.97 Å². The molecule has 0 aliphatic heterocycles. The second-order valence-corrected chi connectivity index (χ2v) is 6.05. The Morgan fingerprint density at radius 2 is 2.21 bits per heavy atom. The predicted molar refractivity (Wildman–Crippen MR) is 74.8 cm³/mol. The number of nitrogen functional groups attached to an aromatic ring is 1. The van der Waals surface area contributed by atoms with Crippen LogP contribution in [0.4, 0.5) is 5.69 Å². The summed E-state index contributed by atoms with van der Waals surface area (Å²) in [6.45, 7) is 2.44. The van der Waals surface area contributed by atoms with Gasteiger partial charge in [-0.1, -0.05) is 12.5 Å². The van der Waals surface area contributed by atoms with Crippen molar-refractivity contribution in [1.29, 1.82) is 0 Å². The fraction of sp³-hybridized carbons (Fsp3) is 0.562. The monoisotopic (exact) mass is 259 g/mol. The Morgan fingerprint density at radius 1 is 1.37 bits per heavy atom. The highest BCUT2D eigenvalue weighted by atomic mass is 16.5. The van der Waals surface area contributed by atoms with Crippen LogP contribution in [0.2, 0.25) is 0 Å². The van der Waals surface area contributed by atoms with E-state index in [2.05, 4.69) is 0 Å². The number of ether oxygens (including phenoxy) is 1. The van der Waals surface area contributed by atoms with E-state index < -0.39 is 0 Å². The van der Waals surface area contributed by atoms with Gasteiger partial charge in [0.2, 0.25) is 0 Å². The van der Waals surface area contributed by atoms with E-state index in [1.165, 1.54) is 25.7 Å². The Labute approximate surface area is 114 Å². The van der Waals surface area contributed by atoms with Gasteiger partial charge in [0.15, 0.2) is 0 Å². The molecule has 3 rings (SSSR count). The number of carbonyl (C=O) groups excluding carboxylic acids is 1. The minimum atomic E-state index is -0.229. The Hall–Kier alpha value is -1.51. The van der Waals surface area contributed by atoms with Crippen molar-refractivity contribution in [2.24, 2.45) is 17.8 Å². The first-order valence-corrected chi connectivity index (χ1v) is 7.17. The fourth-order valence-corrected chi connectivity index (χ4v) is 3.72. The van der Waals surface area contributed by atoms with Crippen molar-refractivity contribution in [2.45, 2.75) is 32.6 Å². The van der Waals surface area contributed by atoms with Crippen molar-refractivity contribution in [3.05, 3.63) is 29.3 Å². The van der Waals surface area contributed by atoms with Gasteiger partial charge in [-0.3, -0.25) is 0 Å². The van der Waals surface area contributed by atoms with E-state index in [9.17, 15) is 4.79 Å². The van der Waals surface area contributed by atoms with Crippen LogP contribution < -0.4 is 5.73 Å².